The van der Waals surface area contributed by atoms with Crippen molar-refractivity contribution in [2.75, 3.05) is 0 Å². The smallest absolute Gasteiger partial charge is 0.878 e. The summed E-state index contributed by atoms with van der Waals surface area (Å²) in [5, 5.41) is 10.2. The predicted octanol–water partition coefficient (Wildman–Crippen LogP) is -2.33. The molecule has 68 valence electrons. The second-order valence-corrected chi connectivity index (χ2v) is 2.49. The number of ketones is 1. The average Bonchev–Trinajstić information content (AvgIpc) is 2.17. The van der Waals surface area contributed by atoms with Crippen molar-refractivity contribution in [3.8, 4) is 0 Å². The summed E-state index contributed by atoms with van der Waals surface area (Å²) in [6.45, 7) is 1.39. The summed E-state index contributed by atoms with van der Waals surface area (Å²) in [6.07, 6.45) is 1.39. The van der Waals surface area contributed by atoms with E-state index in [0.29, 0.717) is 6.26 Å². The fourth-order valence-corrected chi connectivity index (χ4v) is 0.766. The first kappa shape index (κ1) is 13.3. The van der Waals surface area contributed by atoms with E-state index < -0.39 is 11.6 Å². The van der Waals surface area contributed by atoms with Crippen molar-refractivity contribution >= 4 is 5.78 Å². The van der Waals surface area contributed by atoms with E-state index in [1.165, 1.54) is 13.0 Å². The molecule has 1 aromatic heterocycles. The van der Waals surface area contributed by atoms with Crippen LogP contribution in [0, 0.1) is 5.82 Å². The minimum atomic E-state index is -0.514. The van der Waals surface area contributed by atoms with E-state index in [4.69, 9.17) is 0 Å². The average molecular weight is 203 g/mol. The van der Waals surface area contributed by atoms with E-state index in [2.05, 4.69) is 4.98 Å². The summed E-state index contributed by atoms with van der Waals surface area (Å²) in [5.41, 5.74) is 0.130. The van der Waals surface area contributed by atoms with Crippen molar-refractivity contribution in [2.24, 2.45) is 0 Å². The topological polar surface area (TPSA) is 53.0 Å². The molecule has 0 atom stereocenters. The number of nitrogens with zero attached hydrogens (tertiary/aromatic N) is 1. The summed E-state index contributed by atoms with van der Waals surface area (Å²) >= 11 is 0. The Morgan fingerprint density at radius 3 is 2.64 bits per heavy atom. The van der Waals surface area contributed by atoms with Crippen LogP contribution in [0.2, 0.25) is 0 Å². The van der Waals surface area contributed by atoms with Crippen LogP contribution in [0.3, 0.4) is 0 Å². The van der Waals surface area contributed by atoms with Crippen LogP contribution >= 0.6 is 0 Å². The maximum absolute atomic E-state index is 12.4. The van der Waals surface area contributed by atoms with Crippen LogP contribution in [0.15, 0.2) is 30.2 Å². The number of allylic oxidation sites excluding steroid dienone is 1. The summed E-state index contributed by atoms with van der Waals surface area (Å²) in [4.78, 5) is 14.8. The van der Waals surface area contributed by atoms with Crippen molar-refractivity contribution < 1.29 is 43.8 Å². The first-order chi connectivity index (χ1) is 6.15. The molecule has 14 heavy (non-hydrogen) atoms. The molecule has 1 rings (SSSR count). The zero-order valence-corrected chi connectivity index (χ0v) is 9.95. The van der Waals surface area contributed by atoms with E-state index in [1.807, 2.05) is 0 Å². The fourth-order valence-electron chi connectivity index (χ4n) is 0.766. The minimum absolute atomic E-state index is 0. The second-order valence-electron chi connectivity index (χ2n) is 2.49. The van der Waals surface area contributed by atoms with E-state index >= 15 is 0 Å². The van der Waals surface area contributed by atoms with Gasteiger partial charge in [-0.05, 0) is 24.6 Å². The van der Waals surface area contributed by atoms with Crippen LogP contribution in [0.5, 0.6) is 0 Å². The van der Waals surface area contributed by atoms with Gasteiger partial charge < -0.3 is 5.11 Å². The molecule has 0 aliphatic heterocycles. The van der Waals surface area contributed by atoms with Crippen LogP contribution in [-0.4, -0.2) is 10.8 Å². The molecule has 0 saturated heterocycles. The van der Waals surface area contributed by atoms with E-state index in [0.717, 1.165) is 12.3 Å². The van der Waals surface area contributed by atoms with Crippen molar-refractivity contribution in [1.29, 1.82) is 0 Å². The van der Waals surface area contributed by atoms with Crippen LogP contribution in [0.1, 0.15) is 17.4 Å². The largest absolute Gasteiger partial charge is 1.00 e. The number of carbonyl (C=O) groups excluding carboxylic acids is 1. The number of aromatic nitrogens is 1. The molecule has 0 spiro atoms. The molecule has 1 aromatic rings. The molecule has 0 radical (unpaired) electrons. The Morgan fingerprint density at radius 1 is 1.57 bits per heavy atom. The number of pyridine rings is 1. The molecule has 0 aliphatic carbocycles. The molecular formula is C9H7FNNaO2. The fraction of sp³-hybridized carbons (Fsp3) is 0.111. The number of carbonyl (C=O) groups is 1. The summed E-state index contributed by atoms with van der Waals surface area (Å²) in [7, 11) is 0. The minimum Gasteiger partial charge on any atom is -0.878 e. The molecule has 0 amide bonds. The van der Waals surface area contributed by atoms with Crippen LogP contribution in [0.25, 0.3) is 0 Å². The number of rotatable bonds is 2. The van der Waals surface area contributed by atoms with Crippen LogP contribution in [-0.2, 0) is 0 Å². The Kier molecular flexibility index (Phi) is 5.60. The van der Waals surface area contributed by atoms with Gasteiger partial charge in [-0.15, -0.1) is 6.26 Å². The van der Waals surface area contributed by atoms with Crippen molar-refractivity contribution in [3.05, 3.63) is 41.7 Å². The second kappa shape index (κ2) is 5.90. The molecule has 1 heterocycles. The van der Waals surface area contributed by atoms with Gasteiger partial charge in [0, 0.05) is 0 Å². The summed E-state index contributed by atoms with van der Waals surface area (Å²) < 4.78 is 12.4. The number of hydrogen-bond donors (Lipinski definition) is 0. The van der Waals surface area contributed by atoms with Gasteiger partial charge in [-0.25, -0.2) is 9.37 Å². The zero-order chi connectivity index (χ0) is 9.84. The molecule has 0 aromatic carbocycles. The first-order valence-corrected chi connectivity index (χ1v) is 3.60. The van der Waals surface area contributed by atoms with Gasteiger partial charge >= 0.3 is 29.6 Å². The summed E-state index contributed by atoms with van der Waals surface area (Å²) in [6, 6.07) is 2.36. The van der Waals surface area contributed by atoms with Gasteiger partial charge in [-0.3, -0.25) is 4.79 Å². The Balaban J connectivity index is 0.00000169. The Labute approximate surface area is 103 Å². The van der Waals surface area contributed by atoms with E-state index in [9.17, 15) is 14.3 Å². The molecule has 0 aliphatic rings. The summed E-state index contributed by atoms with van der Waals surface area (Å²) in [5.74, 6) is -0.990. The maximum Gasteiger partial charge on any atom is 1.00 e. The monoisotopic (exact) mass is 203 g/mol. The van der Waals surface area contributed by atoms with E-state index in [1.54, 1.807) is 0 Å². The van der Waals surface area contributed by atoms with Crippen LogP contribution < -0.4 is 34.7 Å². The Hall–Kier alpha value is -0.710. The molecule has 0 saturated carbocycles. The normalized spacial score (nSPS) is 10.6. The van der Waals surface area contributed by atoms with Crippen molar-refractivity contribution in [1.82, 2.24) is 4.98 Å². The Morgan fingerprint density at radius 2 is 2.21 bits per heavy atom. The van der Waals surface area contributed by atoms with E-state index in [-0.39, 0.29) is 40.8 Å². The van der Waals surface area contributed by atoms with Crippen LogP contribution in [0.4, 0.5) is 4.39 Å². The quantitative estimate of drug-likeness (QED) is 0.234. The van der Waals surface area contributed by atoms with Crippen molar-refractivity contribution in [2.45, 2.75) is 6.92 Å². The van der Waals surface area contributed by atoms with Gasteiger partial charge in [-0.1, -0.05) is 0 Å². The standard InChI is InChI=1S/C9H8FNO2.Na/c1-6(5-12)9(13)8-3-2-7(10)4-11-8;/h2-5,12H,1H3;/q;+1/p-1/b6-5-;. The van der Waals surface area contributed by atoms with Gasteiger partial charge in [0.05, 0.1) is 6.20 Å². The molecule has 0 fully saturated rings. The third kappa shape index (κ3) is 3.21. The molecule has 3 nitrogen and oxygen atoms in total. The van der Waals surface area contributed by atoms with Gasteiger partial charge in [0.15, 0.2) is 0 Å². The molecule has 0 N–H and O–H groups in total. The van der Waals surface area contributed by atoms with Gasteiger partial charge in [0.2, 0.25) is 5.78 Å². The molecular weight excluding hydrogens is 196 g/mol. The third-order valence-corrected chi connectivity index (χ3v) is 1.49. The Bertz CT molecular complexity index is 348. The predicted molar refractivity (Wildman–Crippen MR) is 42.3 cm³/mol. The number of hydrogen-bond acceptors (Lipinski definition) is 3. The van der Waals surface area contributed by atoms with Gasteiger partial charge in [0.1, 0.15) is 11.5 Å². The number of Topliss-reactive ketones (excluding diaryl/α,β-unsaturated/α-hetero) is 1. The SMILES string of the molecule is C/C(=C/[O-])C(=O)c1ccc(F)cn1.[Na+]. The number of halogens is 1. The van der Waals surface area contributed by atoms with Gasteiger partial charge in [0.25, 0.3) is 0 Å². The molecule has 5 heteroatoms. The maximum atomic E-state index is 12.4. The molecule has 0 bridgehead atoms. The first-order valence-electron chi connectivity index (χ1n) is 3.60. The zero-order valence-electron chi connectivity index (χ0n) is 7.95. The third-order valence-electron chi connectivity index (χ3n) is 1.49. The van der Waals surface area contributed by atoms with Gasteiger partial charge in [-0.2, -0.15) is 0 Å². The molecule has 0 unspecified atom stereocenters. The van der Waals surface area contributed by atoms with Crippen molar-refractivity contribution in [3.63, 3.8) is 0 Å².